The minimum Gasteiger partial charge on any atom is -0.493 e. The molecule has 0 N–H and O–H groups in total. The molecule has 3 aliphatic heterocycles. The SMILES string of the molecule is COc1cccc2c1OC1(CCC(c3ccccc3)CC1)N1N=C(c3ccc4c(c3)OCO4)C[C@H]21. The molecular weight excluding hydrogens is 440 g/mol. The van der Waals surface area contributed by atoms with Crippen molar-refractivity contribution in [2.45, 2.75) is 49.8 Å². The fraction of sp³-hybridized carbons (Fsp3) is 0.345. The second kappa shape index (κ2) is 7.94. The van der Waals surface area contributed by atoms with Gasteiger partial charge in [0, 0.05) is 30.4 Å². The van der Waals surface area contributed by atoms with Crippen LogP contribution in [0.15, 0.2) is 71.8 Å². The third-order valence-corrected chi connectivity index (χ3v) is 7.95. The average molecular weight is 469 g/mol. The van der Waals surface area contributed by atoms with Gasteiger partial charge in [-0.05, 0) is 48.6 Å². The van der Waals surface area contributed by atoms with Crippen LogP contribution < -0.4 is 18.9 Å². The molecule has 3 heterocycles. The molecule has 35 heavy (non-hydrogen) atoms. The van der Waals surface area contributed by atoms with Crippen molar-refractivity contribution < 1.29 is 18.9 Å². The Hall–Kier alpha value is -3.67. The summed E-state index contributed by atoms with van der Waals surface area (Å²) >= 11 is 0. The van der Waals surface area contributed by atoms with Crippen LogP contribution in [0.1, 0.15) is 60.8 Å². The van der Waals surface area contributed by atoms with Crippen molar-refractivity contribution >= 4 is 5.71 Å². The van der Waals surface area contributed by atoms with Crippen molar-refractivity contribution in [3.05, 3.63) is 83.4 Å². The molecule has 3 aromatic carbocycles. The molecule has 1 aliphatic carbocycles. The van der Waals surface area contributed by atoms with Gasteiger partial charge in [-0.25, -0.2) is 5.01 Å². The number of benzene rings is 3. The Labute approximate surface area is 205 Å². The van der Waals surface area contributed by atoms with Gasteiger partial charge in [-0.3, -0.25) is 0 Å². The second-order valence-electron chi connectivity index (χ2n) is 9.79. The van der Waals surface area contributed by atoms with Gasteiger partial charge < -0.3 is 18.9 Å². The quantitative estimate of drug-likeness (QED) is 0.470. The molecule has 4 aliphatic rings. The Bertz CT molecular complexity index is 1300. The molecule has 0 unspecified atom stereocenters. The highest BCUT2D eigenvalue weighted by atomic mass is 16.7. The van der Waals surface area contributed by atoms with Gasteiger partial charge in [0.2, 0.25) is 6.79 Å². The molecule has 0 bridgehead atoms. The van der Waals surface area contributed by atoms with Crippen LogP contribution >= 0.6 is 0 Å². The van der Waals surface area contributed by atoms with Crippen LogP contribution in [0.4, 0.5) is 0 Å². The molecule has 3 aromatic rings. The van der Waals surface area contributed by atoms with Crippen molar-refractivity contribution in [1.82, 2.24) is 5.01 Å². The Morgan fingerprint density at radius 2 is 1.77 bits per heavy atom. The minimum absolute atomic E-state index is 0.113. The summed E-state index contributed by atoms with van der Waals surface area (Å²) < 4.78 is 23.8. The van der Waals surface area contributed by atoms with E-state index in [2.05, 4.69) is 47.5 Å². The molecule has 178 valence electrons. The first-order chi connectivity index (χ1) is 17.2. The molecule has 0 radical (unpaired) electrons. The molecule has 6 nitrogen and oxygen atoms in total. The van der Waals surface area contributed by atoms with Gasteiger partial charge in [-0.15, -0.1) is 0 Å². The predicted octanol–water partition coefficient (Wildman–Crippen LogP) is 6.02. The smallest absolute Gasteiger partial charge is 0.231 e. The Morgan fingerprint density at radius 3 is 2.60 bits per heavy atom. The van der Waals surface area contributed by atoms with Crippen molar-refractivity contribution in [1.29, 1.82) is 0 Å². The highest BCUT2D eigenvalue weighted by molar-refractivity contribution is 6.02. The zero-order valence-corrected chi connectivity index (χ0v) is 19.8. The van der Waals surface area contributed by atoms with Gasteiger partial charge in [0.05, 0.1) is 18.9 Å². The normalized spacial score (nSPS) is 26.1. The van der Waals surface area contributed by atoms with Gasteiger partial charge in [0.1, 0.15) is 0 Å². The molecule has 1 spiro atoms. The van der Waals surface area contributed by atoms with Crippen molar-refractivity contribution in [3.8, 4) is 23.0 Å². The molecule has 1 saturated carbocycles. The molecule has 0 aromatic heterocycles. The number of nitrogens with zero attached hydrogens (tertiary/aromatic N) is 2. The first kappa shape index (κ1) is 20.7. The average Bonchev–Trinajstić information content (AvgIpc) is 3.57. The number of para-hydroxylation sites is 1. The summed E-state index contributed by atoms with van der Waals surface area (Å²) in [5, 5.41) is 7.48. The first-order valence-corrected chi connectivity index (χ1v) is 12.4. The van der Waals surface area contributed by atoms with E-state index in [1.54, 1.807) is 7.11 Å². The van der Waals surface area contributed by atoms with Crippen LogP contribution in [0.25, 0.3) is 0 Å². The number of hydrogen-bond acceptors (Lipinski definition) is 6. The summed E-state index contributed by atoms with van der Waals surface area (Å²) in [6.07, 6.45) is 4.77. The number of hydrazone groups is 1. The van der Waals surface area contributed by atoms with Crippen molar-refractivity contribution in [2.75, 3.05) is 13.9 Å². The van der Waals surface area contributed by atoms with Gasteiger partial charge in [-0.2, -0.15) is 5.10 Å². The third kappa shape index (κ3) is 3.27. The summed E-state index contributed by atoms with van der Waals surface area (Å²) in [6.45, 7) is 0.271. The van der Waals surface area contributed by atoms with Crippen LogP contribution in [-0.4, -0.2) is 30.3 Å². The molecule has 0 saturated heterocycles. The zero-order valence-electron chi connectivity index (χ0n) is 19.8. The molecule has 7 rings (SSSR count). The van der Waals surface area contributed by atoms with Crippen molar-refractivity contribution in [2.24, 2.45) is 5.10 Å². The van der Waals surface area contributed by atoms with Crippen LogP contribution in [0.3, 0.4) is 0 Å². The monoisotopic (exact) mass is 468 g/mol. The third-order valence-electron chi connectivity index (χ3n) is 7.95. The molecular formula is C29H28N2O4. The lowest BCUT2D eigenvalue weighted by Gasteiger charge is -2.50. The Morgan fingerprint density at radius 1 is 0.943 bits per heavy atom. The first-order valence-electron chi connectivity index (χ1n) is 12.4. The molecule has 6 heteroatoms. The standard InChI is InChI=1S/C29H28N2O4/c1-32-26-9-5-8-22-24-17-23(21-10-11-25-27(16-21)34-18-33-25)30-31(24)29(35-28(22)26)14-12-20(13-15-29)19-6-3-2-4-7-19/h2-11,16,20,24H,12-15,17-18H2,1H3/t20?,24-,29?/m1/s1. The molecule has 1 fully saturated rings. The van der Waals surface area contributed by atoms with E-state index in [0.29, 0.717) is 5.92 Å². The predicted molar refractivity (Wildman–Crippen MR) is 132 cm³/mol. The van der Waals surface area contributed by atoms with E-state index in [1.807, 2.05) is 24.3 Å². The van der Waals surface area contributed by atoms with Gasteiger partial charge in [-0.1, -0.05) is 42.5 Å². The van der Waals surface area contributed by atoms with E-state index in [9.17, 15) is 0 Å². The van der Waals surface area contributed by atoms with Crippen LogP contribution in [0, 0.1) is 0 Å². The maximum absolute atomic E-state index is 6.89. The van der Waals surface area contributed by atoms with E-state index >= 15 is 0 Å². The number of fused-ring (bicyclic) bond motifs is 5. The maximum Gasteiger partial charge on any atom is 0.231 e. The number of hydrogen-bond donors (Lipinski definition) is 0. The minimum atomic E-state index is -0.477. The highest BCUT2D eigenvalue weighted by Gasteiger charge is 2.52. The summed E-state index contributed by atoms with van der Waals surface area (Å²) in [6, 6.07) is 23.3. The fourth-order valence-electron chi connectivity index (χ4n) is 6.14. The lowest BCUT2D eigenvalue weighted by molar-refractivity contribution is -0.143. The van der Waals surface area contributed by atoms with Gasteiger partial charge in [0.15, 0.2) is 28.7 Å². The van der Waals surface area contributed by atoms with E-state index in [-0.39, 0.29) is 12.8 Å². The van der Waals surface area contributed by atoms with E-state index in [1.165, 1.54) is 5.56 Å². The van der Waals surface area contributed by atoms with Gasteiger partial charge in [0.25, 0.3) is 0 Å². The van der Waals surface area contributed by atoms with Crippen LogP contribution in [-0.2, 0) is 0 Å². The zero-order chi connectivity index (χ0) is 23.4. The molecule has 0 amide bonds. The van der Waals surface area contributed by atoms with Gasteiger partial charge >= 0.3 is 0 Å². The summed E-state index contributed by atoms with van der Waals surface area (Å²) in [5.74, 6) is 3.79. The molecule has 1 atom stereocenters. The number of ether oxygens (including phenoxy) is 4. The Kier molecular flexibility index (Phi) is 4.69. The lowest BCUT2D eigenvalue weighted by atomic mass is 9.78. The van der Waals surface area contributed by atoms with E-state index in [4.69, 9.17) is 24.0 Å². The second-order valence-corrected chi connectivity index (χ2v) is 9.79. The number of methoxy groups -OCH3 is 1. The highest BCUT2D eigenvalue weighted by Crippen LogP contribution is 2.55. The largest absolute Gasteiger partial charge is 0.493 e. The topological polar surface area (TPSA) is 52.5 Å². The van der Waals surface area contributed by atoms with Crippen molar-refractivity contribution in [3.63, 3.8) is 0 Å². The Balaban J connectivity index is 1.26. The summed E-state index contributed by atoms with van der Waals surface area (Å²) in [7, 11) is 1.72. The van der Waals surface area contributed by atoms with E-state index in [0.717, 1.165) is 71.9 Å². The fourth-order valence-corrected chi connectivity index (χ4v) is 6.14. The maximum atomic E-state index is 6.89. The van der Waals surface area contributed by atoms with E-state index < -0.39 is 5.72 Å². The lowest BCUT2D eigenvalue weighted by Crippen LogP contribution is -2.55. The summed E-state index contributed by atoms with van der Waals surface area (Å²) in [5.41, 5.74) is 4.20. The van der Waals surface area contributed by atoms with Crippen LogP contribution in [0.2, 0.25) is 0 Å². The summed E-state index contributed by atoms with van der Waals surface area (Å²) in [4.78, 5) is 0. The van der Waals surface area contributed by atoms with Crippen LogP contribution in [0.5, 0.6) is 23.0 Å². The number of rotatable bonds is 3.